The molecule has 2 aromatic heterocycles. The molecule has 1 atom stereocenters. The Balaban J connectivity index is 1.85. The Morgan fingerprint density at radius 2 is 2.03 bits per heavy atom. The number of aromatic nitrogens is 3. The average Bonchev–Trinajstić information content (AvgIpc) is 2.92. The highest BCUT2D eigenvalue weighted by atomic mass is 35.5. The molecule has 0 fully saturated rings. The maximum absolute atomic E-state index is 13.1. The molecule has 3 aromatic rings. The zero-order valence-corrected chi connectivity index (χ0v) is 16.7. The van der Waals surface area contributed by atoms with Gasteiger partial charge in [0.05, 0.1) is 5.39 Å². The first-order chi connectivity index (χ1) is 13.8. The summed E-state index contributed by atoms with van der Waals surface area (Å²) in [7, 11) is 1.50. The molecule has 1 aromatic carbocycles. The van der Waals surface area contributed by atoms with E-state index in [0.29, 0.717) is 17.5 Å². The van der Waals surface area contributed by atoms with Crippen LogP contribution in [0.2, 0.25) is 5.15 Å². The fourth-order valence-electron chi connectivity index (χ4n) is 4.06. The molecule has 0 saturated carbocycles. The van der Waals surface area contributed by atoms with Crippen LogP contribution in [0.25, 0.3) is 11.0 Å². The average molecular weight is 415 g/mol. The maximum atomic E-state index is 13.1. The van der Waals surface area contributed by atoms with Crippen LogP contribution in [-0.4, -0.2) is 26.3 Å². The highest BCUT2D eigenvalue weighted by Crippen LogP contribution is 2.38. The van der Waals surface area contributed by atoms with Crippen molar-refractivity contribution >= 4 is 34.6 Å². The van der Waals surface area contributed by atoms with Crippen LogP contribution in [0.1, 0.15) is 29.5 Å². The number of aryl methyl sites for hydroxylation is 3. The second-order valence-electron chi connectivity index (χ2n) is 7.17. The van der Waals surface area contributed by atoms with Gasteiger partial charge < -0.3 is 10.5 Å². The molecule has 150 valence electrons. The number of ether oxygens (including phenoxy) is 1. The maximum Gasteiger partial charge on any atom is 0.437 e. The lowest BCUT2D eigenvalue weighted by molar-refractivity contribution is -0.139. The number of carbonyl (C=O) groups is 2. The van der Waals surface area contributed by atoms with Crippen molar-refractivity contribution in [1.29, 1.82) is 0 Å². The minimum Gasteiger partial charge on any atom is -0.426 e. The summed E-state index contributed by atoms with van der Waals surface area (Å²) in [6.07, 6.45) is 0.611. The van der Waals surface area contributed by atoms with E-state index in [2.05, 4.69) is 4.98 Å². The number of fused-ring (bicyclic) bond motifs is 2. The van der Waals surface area contributed by atoms with Gasteiger partial charge in [-0.2, -0.15) is 0 Å². The monoisotopic (exact) mass is 414 g/mol. The zero-order valence-electron chi connectivity index (χ0n) is 15.9. The molecule has 0 saturated heterocycles. The lowest BCUT2D eigenvalue weighted by Gasteiger charge is -2.35. The van der Waals surface area contributed by atoms with Crippen molar-refractivity contribution in [2.45, 2.75) is 31.8 Å². The fraction of sp³-hybridized carbons (Fsp3) is 0.300. The van der Waals surface area contributed by atoms with Gasteiger partial charge in [0, 0.05) is 19.0 Å². The second kappa shape index (κ2) is 6.73. The number of nitrogens with two attached hydrogens (primary N) is 1. The van der Waals surface area contributed by atoms with Gasteiger partial charge in [-0.25, -0.2) is 9.78 Å². The number of halogens is 1. The van der Waals surface area contributed by atoms with E-state index in [-0.39, 0.29) is 22.6 Å². The molecule has 2 heterocycles. The van der Waals surface area contributed by atoms with E-state index in [1.807, 2.05) is 12.1 Å². The van der Waals surface area contributed by atoms with Gasteiger partial charge in [-0.1, -0.05) is 35.9 Å². The Labute approximate surface area is 170 Å². The van der Waals surface area contributed by atoms with Gasteiger partial charge in [-0.05, 0) is 37.0 Å². The smallest absolute Gasteiger partial charge is 0.426 e. The molecule has 8 nitrogen and oxygen atoms in total. The third kappa shape index (κ3) is 2.82. The van der Waals surface area contributed by atoms with Crippen LogP contribution in [0.3, 0.4) is 0 Å². The Kier molecular flexibility index (Phi) is 4.46. The quantitative estimate of drug-likeness (QED) is 0.647. The van der Waals surface area contributed by atoms with Crippen molar-refractivity contribution in [3.05, 3.63) is 62.5 Å². The van der Waals surface area contributed by atoms with E-state index >= 15 is 0 Å². The standard InChI is InChI=1S/C20H19ClN4O4/c1-11-10-14(21)23-16-15(11)17(26)25(24(16)2)19(28)29-20(18(22)27)9-5-7-12-6-3-4-8-13(12)20/h3-4,6,8,10H,5,7,9H2,1-2H3,(H2,22,27). The van der Waals surface area contributed by atoms with Crippen molar-refractivity contribution in [3.63, 3.8) is 0 Å². The summed E-state index contributed by atoms with van der Waals surface area (Å²) >= 11 is 6.00. The number of hydrogen-bond donors (Lipinski definition) is 1. The third-order valence-electron chi connectivity index (χ3n) is 5.44. The zero-order chi connectivity index (χ0) is 20.9. The largest absolute Gasteiger partial charge is 0.437 e. The number of nitrogens with zero attached hydrogens (tertiary/aromatic N) is 3. The number of amides is 1. The van der Waals surface area contributed by atoms with Crippen LogP contribution in [0.4, 0.5) is 4.79 Å². The van der Waals surface area contributed by atoms with Crippen LogP contribution < -0.4 is 11.3 Å². The highest BCUT2D eigenvalue weighted by molar-refractivity contribution is 6.29. The predicted molar refractivity (Wildman–Crippen MR) is 107 cm³/mol. The van der Waals surface area contributed by atoms with Crippen molar-refractivity contribution in [3.8, 4) is 0 Å². The lowest BCUT2D eigenvalue weighted by Crippen LogP contribution is -2.49. The van der Waals surface area contributed by atoms with Gasteiger partial charge in [0.25, 0.3) is 11.5 Å². The minimum atomic E-state index is -1.64. The Bertz CT molecular complexity index is 1230. The van der Waals surface area contributed by atoms with Gasteiger partial charge in [-0.15, -0.1) is 4.68 Å². The van der Waals surface area contributed by atoms with E-state index < -0.39 is 23.2 Å². The summed E-state index contributed by atoms with van der Waals surface area (Å²) in [6.45, 7) is 1.70. The highest BCUT2D eigenvalue weighted by Gasteiger charge is 2.46. The number of hydrogen-bond acceptors (Lipinski definition) is 5. The van der Waals surface area contributed by atoms with Gasteiger partial charge >= 0.3 is 6.09 Å². The molecule has 0 aliphatic heterocycles. The van der Waals surface area contributed by atoms with Crippen molar-refractivity contribution in [2.24, 2.45) is 12.8 Å². The second-order valence-corrected chi connectivity index (χ2v) is 7.56. The Morgan fingerprint density at radius 1 is 1.31 bits per heavy atom. The number of carbonyl (C=O) groups excluding carboxylic acids is 2. The molecule has 2 N–H and O–H groups in total. The number of pyridine rings is 1. The first kappa shape index (κ1) is 19.2. The summed E-state index contributed by atoms with van der Waals surface area (Å²) in [4.78, 5) is 42.6. The summed E-state index contributed by atoms with van der Waals surface area (Å²) in [5.74, 6) is -0.776. The predicted octanol–water partition coefficient (Wildman–Crippen LogP) is 2.40. The van der Waals surface area contributed by atoms with Crippen LogP contribution in [0, 0.1) is 6.92 Å². The van der Waals surface area contributed by atoms with E-state index in [4.69, 9.17) is 22.1 Å². The van der Waals surface area contributed by atoms with Crippen LogP contribution in [-0.2, 0) is 28.6 Å². The number of benzene rings is 1. The molecule has 1 aliphatic rings. The molecule has 1 aliphatic carbocycles. The van der Waals surface area contributed by atoms with Gasteiger partial charge in [0.2, 0.25) is 5.60 Å². The number of primary amides is 1. The van der Waals surface area contributed by atoms with E-state index in [1.54, 1.807) is 25.1 Å². The van der Waals surface area contributed by atoms with Gasteiger partial charge in [0.1, 0.15) is 5.15 Å². The first-order valence-electron chi connectivity index (χ1n) is 9.13. The summed E-state index contributed by atoms with van der Waals surface area (Å²) in [6, 6.07) is 8.75. The third-order valence-corrected chi connectivity index (χ3v) is 5.63. The molecule has 4 rings (SSSR count). The molecular weight excluding hydrogens is 396 g/mol. The topological polar surface area (TPSA) is 109 Å². The van der Waals surface area contributed by atoms with Gasteiger partial charge in [0.15, 0.2) is 5.65 Å². The molecule has 0 bridgehead atoms. The number of rotatable bonds is 2. The molecule has 9 heteroatoms. The molecular formula is C20H19ClN4O4. The molecule has 29 heavy (non-hydrogen) atoms. The fourth-order valence-corrected chi connectivity index (χ4v) is 4.30. The van der Waals surface area contributed by atoms with Crippen LogP contribution in [0.5, 0.6) is 0 Å². The lowest BCUT2D eigenvalue weighted by atomic mass is 9.78. The normalized spacial score (nSPS) is 18.4. The van der Waals surface area contributed by atoms with Crippen LogP contribution >= 0.6 is 11.6 Å². The molecule has 1 amide bonds. The van der Waals surface area contributed by atoms with Gasteiger partial charge in [-0.3, -0.25) is 14.3 Å². The van der Waals surface area contributed by atoms with Crippen molar-refractivity contribution in [2.75, 3.05) is 0 Å². The van der Waals surface area contributed by atoms with E-state index in [9.17, 15) is 14.4 Å². The van der Waals surface area contributed by atoms with E-state index in [0.717, 1.165) is 16.7 Å². The summed E-state index contributed by atoms with van der Waals surface area (Å²) < 4.78 is 7.76. The summed E-state index contributed by atoms with van der Waals surface area (Å²) in [5.41, 5.74) is 5.73. The minimum absolute atomic E-state index is 0.200. The Hall–Kier alpha value is -3.13. The Morgan fingerprint density at radius 3 is 2.76 bits per heavy atom. The van der Waals surface area contributed by atoms with Crippen molar-refractivity contribution in [1.82, 2.24) is 14.3 Å². The SMILES string of the molecule is Cc1cc(Cl)nc2c1c(=O)n(C(=O)OC1(C(N)=O)CCCc3ccccc31)n2C. The molecule has 0 radical (unpaired) electrons. The molecule has 1 unspecified atom stereocenters. The van der Waals surface area contributed by atoms with Crippen LogP contribution in [0.15, 0.2) is 35.1 Å². The summed E-state index contributed by atoms with van der Waals surface area (Å²) in [5, 5.41) is 0.456. The molecule has 0 spiro atoms. The first-order valence-corrected chi connectivity index (χ1v) is 9.50. The van der Waals surface area contributed by atoms with E-state index in [1.165, 1.54) is 11.7 Å². The van der Waals surface area contributed by atoms with Crippen molar-refractivity contribution < 1.29 is 14.3 Å².